The van der Waals surface area contributed by atoms with Crippen LogP contribution in [0.25, 0.3) is 11.5 Å². The molecule has 0 saturated heterocycles. The normalized spacial score (nSPS) is 10.9. The SMILES string of the molecule is CCNCc1cn(Cc2noc(-c3ccccc3)n2)nn1. The van der Waals surface area contributed by atoms with Gasteiger partial charge in [0.25, 0.3) is 5.89 Å². The predicted octanol–water partition coefficient (Wildman–Crippen LogP) is 1.49. The fraction of sp³-hybridized carbons (Fsp3) is 0.286. The summed E-state index contributed by atoms with van der Waals surface area (Å²) >= 11 is 0. The minimum absolute atomic E-state index is 0.440. The van der Waals surface area contributed by atoms with E-state index >= 15 is 0 Å². The maximum atomic E-state index is 5.26. The van der Waals surface area contributed by atoms with Gasteiger partial charge in [-0.25, -0.2) is 4.68 Å². The molecule has 1 aromatic carbocycles. The lowest BCUT2D eigenvalue weighted by Gasteiger charge is -1.95. The highest BCUT2D eigenvalue weighted by Gasteiger charge is 2.09. The zero-order chi connectivity index (χ0) is 14.5. The van der Waals surface area contributed by atoms with Crippen molar-refractivity contribution in [1.29, 1.82) is 0 Å². The third-order valence-electron chi connectivity index (χ3n) is 2.93. The Morgan fingerprint density at radius 1 is 1.24 bits per heavy atom. The zero-order valence-electron chi connectivity index (χ0n) is 11.7. The van der Waals surface area contributed by atoms with Gasteiger partial charge in [-0.2, -0.15) is 4.98 Å². The van der Waals surface area contributed by atoms with Crippen LogP contribution in [0.2, 0.25) is 0 Å². The molecule has 0 amide bonds. The van der Waals surface area contributed by atoms with Gasteiger partial charge in [-0.05, 0) is 18.7 Å². The third-order valence-corrected chi connectivity index (χ3v) is 2.93. The molecule has 0 radical (unpaired) electrons. The van der Waals surface area contributed by atoms with Crippen LogP contribution in [0.5, 0.6) is 0 Å². The molecule has 0 aliphatic heterocycles. The van der Waals surface area contributed by atoms with Crippen molar-refractivity contribution in [2.75, 3.05) is 6.54 Å². The summed E-state index contributed by atoms with van der Waals surface area (Å²) in [7, 11) is 0. The van der Waals surface area contributed by atoms with E-state index in [0.29, 0.717) is 24.8 Å². The summed E-state index contributed by atoms with van der Waals surface area (Å²) in [5.74, 6) is 1.09. The van der Waals surface area contributed by atoms with Crippen LogP contribution in [-0.4, -0.2) is 31.7 Å². The lowest BCUT2D eigenvalue weighted by molar-refractivity contribution is 0.418. The first-order chi connectivity index (χ1) is 10.3. The van der Waals surface area contributed by atoms with Gasteiger partial charge in [0, 0.05) is 12.1 Å². The van der Waals surface area contributed by atoms with Gasteiger partial charge in [0.05, 0.1) is 11.9 Å². The van der Waals surface area contributed by atoms with E-state index in [2.05, 4.69) is 32.7 Å². The second-order valence-corrected chi connectivity index (χ2v) is 4.57. The Morgan fingerprint density at radius 3 is 2.90 bits per heavy atom. The summed E-state index contributed by atoms with van der Waals surface area (Å²) in [6.07, 6.45) is 1.88. The van der Waals surface area contributed by atoms with Crippen LogP contribution in [0.3, 0.4) is 0 Å². The van der Waals surface area contributed by atoms with E-state index in [4.69, 9.17) is 4.52 Å². The van der Waals surface area contributed by atoms with Crippen LogP contribution in [-0.2, 0) is 13.1 Å². The molecule has 2 heterocycles. The van der Waals surface area contributed by atoms with Crippen molar-refractivity contribution in [1.82, 2.24) is 30.5 Å². The highest BCUT2D eigenvalue weighted by molar-refractivity contribution is 5.51. The monoisotopic (exact) mass is 284 g/mol. The maximum Gasteiger partial charge on any atom is 0.257 e. The second-order valence-electron chi connectivity index (χ2n) is 4.57. The molecule has 1 N–H and O–H groups in total. The molecule has 0 unspecified atom stereocenters. The van der Waals surface area contributed by atoms with Gasteiger partial charge in [0.2, 0.25) is 0 Å². The Balaban J connectivity index is 1.68. The van der Waals surface area contributed by atoms with Gasteiger partial charge >= 0.3 is 0 Å². The number of hydrogen-bond donors (Lipinski definition) is 1. The van der Waals surface area contributed by atoms with Crippen molar-refractivity contribution < 1.29 is 4.52 Å². The van der Waals surface area contributed by atoms with Crippen LogP contribution in [0.15, 0.2) is 41.1 Å². The van der Waals surface area contributed by atoms with Crippen LogP contribution >= 0.6 is 0 Å². The van der Waals surface area contributed by atoms with Gasteiger partial charge < -0.3 is 9.84 Å². The highest BCUT2D eigenvalue weighted by atomic mass is 16.5. The molecule has 7 nitrogen and oxygen atoms in total. The largest absolute Gasteiger partial charge is 0.334 e. The molecule has 0 aliphatic rings. The first-order valence-electron chi connectivity index (χ1n) is 6.83. The number of rotatable bonds is 6. The Hall–Kier alpha value is -2.54. The minimum Gasteiger partial charge on any atom is -0.334 e. The number of nitrogens with zero attached hydrogens (tertiary/aromatic N) is 5. The summed E-state index contributed by atoms with van der Waals surface area (Å²) in [5.41, 5.74) is 1.80. The standard InChI is InChI=1S/C14H16N6O/c1-2-15-8-12-9-20(19-17-12)10-13-16-14(21-18-13)11-6-4-3-5-7-11/h3-7,9,15H,2,8,10H2,1H3. The quantitative estimate of drug-likeness (QED) is 0.738. The van der Waals surface area contributed by atoms with Crippen LogP contribution in [0, 0.1) is 0 Å². The van der Waals surface area contributed by atoms with E-state index in [1.54, 1.807) is 4.68 Å². The molecule has 2 aromatic heterocycles. The lowest BCUT2D eigenvalue weighted by Crippen LogP contribution is -2.11. The molecule has 0 fully saturated rings. The predicted molar refractivity (Wildman–Crippen MR) is 76.2 cm³/mol. The second kappa shape index (κ2) is 6.27. The van der Waals surface area contributed by atoms with Gasteiger partial charge in [-0.1, -0.05) is 35.5 Å². The molecule has 0 spiro atoms. The number of aromatic nitrogens is 5. The van der Waals surface area contributed by atoms with Crippen LogP contribution in [0.4, 0.5) is 0 Å². The van der Waals surface area contributed by atoms with E-state index in [9.17, 15) is 0 Å². The molecule has 0 saturated carbocycles. The fourth-order valence-corrected chi connectivity index (χ4v) is 1.91. The Labute approximate surface area is 122 Å². The molecule has 7 heteroatoms. The molecule has 3 aromatic rings. The van der Waals surface area contributed by atoms with Gasteiger partial charge in [-0.3, -0.25) is 0 Å². The summed E-state index contributed by atoms with van der Waals surface area (Å²) < 4.78 is 6.96. The summed E-state index contributed by atoms with van der Waals surface area (Å²) in [4.78, 5) is 4.37. The molecule has 0 aliphatic carbocycles. The number of hydrogen-bond acceptors (Lipinski definition) is 6. The van der Waals surface area contributed by atoms with Crippen molar-refractivity contribution in [3.8, 4) is 11.5 Å². The van der Waals surface area contributed by atoms with Crippen LogP contribution < -0.4 is 5.32 Å². The highest BCUT2D eigenvalue weighted by Crippen LogP contribution is 2.16. The molecule has 108 valence electrons. The van der Waals surface area contributed by atoms with E-state index in [1.807, 2.05) is 36.5 Å². The summed E-state index contributed by atoms with van der Waals surface area (Å²) in [5, 5.41) is 15.3. The molecular formula is C14H16N6O. The smallest absolute Gasteiger partial charge is 0.257 e. The third kappa shape index (κ3) is 3.32. The number of benzene rings is 1. The van der Waals surface area contributed by atoms with Crippen molar-refractivity contribution in [3.05, 3.63) is 48.0 Å². The van der Waals surface area contributed by atoms with E-state index in [1.165, 1.54) is 0 Å². The van der Waals surface area contributed by atoms with Crippen molar-refractivity contribution in [2.24, 2.45) is 0 Å². The summed E-state index contributed by atoms with van der Waals surface area (Å²) in [6, 6.07) is 9.68. The Bertz CT molecular complexity index is 690. The van der Waals surface area contributed by atoms with Crippen LogP contribution in [0.1, 0.15) is 18.4 Å². The summed E-state index contributed by atoms with van der Waals surface area (Å²) in [6.45, 7) is 4.10. The molecule has 3 rings (SSSR count). The van der Waals surface area contributed by atoms with Gasteiger partial charge in [0.1, 0.15) is 6.54 Å². The van der Waals surface area contributed by atoms with Crippen molar-refractivity contribution in [2.45, 2.75) is 20.0 Å². The van der Waals surface area contributed by atoms with Gasteiger partial charge in [0.15, 0.2) is 5.82 Å². The fourth-order valence-electron chi connectivity index (χ4n) is 1.91. The first-order valence-corrected chi connectivity index (χ1v) is 6.83. The topological polar surface area (TPSA) is 81.7 Å². The Kier molecular flexibility index (Phi) is 4.02. The minimum atomic E-state index is 0.440. The zero-order valence-corrected chi connectivity index (χ0v) is 11.7. The van der Waals surface area contributed by atoms with Gasteiger partial charge in [-0.15, -0.1) is 5.10 Å². The first kappa shape index (κ1) is 13.4. The molecular weight excluding hydrogens is 268 g/mol. The van der Waals surface area contributed by atoms with Crippen molar-refractivity contribution in [3.63, 3.8) is 0 Å². The molecule has 0 atom stereocenters. The Morgan fingerprint density at radius 2 is 2.10 bits per heavy atom. The van der Waals surface area contributed by atoms with E-state index < -0.39 is 0 Å². The van der Waals surface area contributed by atoms with E-state index in [-0.39, 0.29) is 0 Å². The average molecular weight is 284 g/mol. The van der Waals surface area contributed by atoms with E-state index in [0.717, 1.165) is 17.8 Å². The van der Waals surface area contributed by atoms with Crippen molar-refractivity contribution >= 4 is 0 Å². The molecule has 21 heavy (non-hydrogen) atoms. The molecule has 0 bridgehead atoms. The maximum absolute atomic E-state index is 5.26. The lowest BCUT2D eigenvalue weighted by atomic mass is 10.2. The average Bonchev–Trinajstić information content (AvgIpc) is 3.16. The number of nitrogens with one attached hydrogen (secondary N) is 1.